The second-order valence-electron chi connectivity index (χ2n) is 8.61. The van der Waals surface area contributed by atoms with E-state index in [4.69, 9.17) is 9.47 Å². The summed E-state index contributed by atoms with van der Waals surface area (Å²) in [5.41, 5.74) is 1.84. The molecule has 0 N–H and O–H groups in total. The summed E-state index contributed by atoms with van der Waals surface area (Å²) in [5.74, 6) is 0.956. The Labute approximate surface area is 195 Å². The number of ether oxygens (including phenoxy) is 2. The molecule has 1 saturated heterocycles. The average molecular weight is 461 g/mol. The summed E-state index contributed by atoms with van der Waals surface area (Å²) >= 11 is 0. The van der Waals surface area contributed by atoms with Gasteiger partial charge >= 0.3 is 0 Å². The van der Waals surface area contributed by atoms with E-state index in [1.165, 1.54) is 18.1 Å². The molecule has 0 bridgehead atoms. The van der Waals surface area contributed by atoms with E-state index in [1.54, 1.807) is 4.68 Å². The van der Waals surface area contributed by atoms with Crippen LogP contribution in [0.1, 0.15) is 44.2 Å². The van der Waals surface area contributed by atoms with Gasteiger partial charge in [-0.05, 0) is 24.1 Å². The van der Waals surface area contributed by atoms with Crippen molar-refractivity contribution in [3.63, 3.8) is 0 Å². The van der Waals surface area contributed by atoms with E-state index in [-0.39, 0.29) is 34.2 Å². The highest BCUT2D eigenvalue weighted by Gasteiger charge is 2.36. The molecule has 0 saturated carbocycles. The fourth-order valence-electron chi connectivity index (χ4n) is 4.68. The predicted octanol–water partition coefficient (Wildman–Crippen LogP) is 0.780. The summed E-state index contributed by atoms with van der Waals surface area (Å²) < 4.78 is 12.4. The van der Waals surface area contributed by atoms with Crippen LogP contribution in [0.15, 0.2) is 30.7 Å². The van der Waals surface area contributed by atoms with Crippen LogP contribution >= 0.6 is 0 Å². The third kappa shape index (κ3) is 3.72. The zero-order chi connectivity index (χ0) is 23.1. The first-order valence-corrected chi connectivity index (χ1v) is 11.3. The Bertz CT molecular complexity index is 1270. The Morgan fingerprint density at radius 3 is 2.62 bits per heavy atom. The highest BCUT2D eigenvalue weighted by Crippen LogP contribution is 2.33. The van der Waals surface area contributed by atoms with Crippen molar-refractivity contribution in [2.24, 2.45) is 0 Å². The minimum atomic E-state index is -0.378. The molecule has 4 heterocycles. The molecule has 3 aliphatic rings. The summed E-state index contributed by atoms with van der Waals surface area (Å²) in [6.07, 6.45) is 3.44. The van der Waals surface area contributed by atoms with E-state index < -0.39 is 0 Å². The number of aromatic nitrogens is 5. The highest BCUT2D eigenvalue weighted by molar-refractivity contribution is 6.26. The maximum Gasteiger partial charge on any atom is 0.234 e. The first-order valence-electron chi connectivity index (χ1n) is 11.3. The molecule has 11 heteroatoms. The molecule has 11 nitrogen and oxygen atoms in total. The van der Waals surface area contributed by atoms with Crippen LogP contribution in [0.3, 0.4) is 0 Å². The van der Waals surface area contributed by atoms with Crippen molar-refractivity contribution in [3.8, 4) is 11.5 Å². The van der Waals surface area contributed by atoms with Gasteiger partial charge in [0.1, 0.15) is 17.7 Å². The minimum absolute atomic E-state index is 0.0772. The normalized spacial score (nSPS) is 17.6. The van der Waals surface area contributed by atoms with Gasteiger partial charge in [0.15, 0.2) is 17.2 Å². The molecular weight excluding hydrogens is 438 g/mol. The Morgan fingerprint density at radius 1 is 0.912 bits per heavy atom. The number of ketones is 2. The van der Waals surface area contributed by atoms with Crippen molar-refractivity contribution < 1.29 is 19.1 Å². The summed E-state index contributed by atoms with van der Waals surface area (Å²) in [4.78, 5) is 38.2. The summed E-state index contributed by atoms with van der Waals surface area (Å²) in [7, 11) is 0. The minimum Gasteiger partial charge on any atom is -0.454 e. The molecule has 1 fully saturated rings. The van der Waals surface area contributed by atoms with Gasteiger partial charge in [-0.25, -0.2) is 14.6 Å². The molecule has 0 radical (unpaired) electrons. The van der Waals surface area contributed by atoms with Gasteiger partial charge in [-0.3, -0.25) is 14.5 Å². The second-order valence-corrected chi connectivity index (χ2v) is 8.61. The maximum absolute atomic E-state index is 12.9. The molecule has 2 aliphatic heterocycles. The van der Waals surface area contributed by atoms with Crippen LogP contribution in [-0.2, 0) is 13.1 Å². The Balaban J connectivity index is 1.01. The zero-order valence-electron chi connectivity index (χ0n) is 18.5. The van der Waals surface area contributed by atoms with Gasteiger partial charge in [-0.2, -0.15) is 0 Å². The van der Waals surface area contributed by atoms with Crippen LogP contribution in [-0.4, -0.2) is 85.8 Å². The van der Waals surface area contributed by atoms with Crippen molar-refractivity contribution in [2.75, 3.05) is 39.5 Å². The van der Waals surface area contributed by atoms with Gasteiger partial charge in [0.05, 0.1) is 5.56 Å². The number of carbonyl (C=O) groups excluding carboxylic acids is 2. The molecule has 0 spiro atoms. The molecule has 6 rings (SSSR count). The fraction of sp³-hybridized carbons (Fsp3) is 0.391. The molecule has 1 aliphatic carbocycles. The van der Waals surface area contributed by atoms with Crippen molar-refractivity contribution in [3.05, 3.63) is 58.9 Å². The molecule has 2 aromatic heterocycles. The highest BCUT2D eigenvalue weighted by atomic mass is 16.7. The van der Waals surface area contributed by atoms with Crippen LogP contribution in [0.4, 0.5) is 0 Å². The Morgan fingerprint density at radius 2 is 1.74 bits per heavy atom. The number of benzene rings is 1. The van der Waals surface area contributed by atoms with Crippen LogP contribution < -0.4 is 9.47 Å². The van der Waals surface area contributed by atoms with Crippen LogP contribution in [0, 0.1) is 0 Å². The van der Waals surface area contributed by atoms with Crippen LogP contribution in [0.2, 0.25) is 0 Å². The smallest absolute Gasteiger partial charge is 0.234 e. The van der Waals surface area contributed by atoms with Gasteiger partial charge in [0.2, 0.25) is 18.4 Å². The molecular formula is C23H23N7O4. The monoisotopic (exact) mass is 461 g/mol. The van der Waals surface area contributed by atoms with Gasteiger partial charge in [-0.1, -0.05) is 11.3 Å². The van der Waals surface area contributed by atoms with Crippen LogP contribution in [0.25, 0.3) is 0 Å². The lowest BCUT2D eigenvalue weighted by molar-refractivity contribution is 0.0965. The average Bonchev–Trinajstić information content (AvgIpc) is 3.51. The third-order valence-corrected chi connectivity index (χ3v) is 6.49. The van der Waals surface area contributed by atoms with E-state index in [9.17, 15) is 9.59 Å². The summed E-state index contributed by atoms with van der Waals surface area (Å²) in [5, 5.41) is 8.05. The number of piperazine rings is 1. The number of fused-ring (bicyclic) bond motifs is 3. The topological polar surface area (TPSA) is 116 Å². The molecule has 0 atom stereocenters. The lowest BCUT2D eigenvalue weighted by Gasteiger charge is -2.34. The van der Waals surface area contributed by atoms with Crippen molar-refractivity contribution >= 4 is 11.6 Å². The largest absolute Gasteiger partial charge is 0.454 e. The molecule has 34 heavy (non-hydrogen) atoms. The second kappa shape index (κ2) is 8.58. The summed E-state index contributed by atoms with van der Waals surface area (Å²) in [6, 6.07) is 6.13. The maximum atomic E-state index is 12.9. The lowest BCUT2D eigenvalue weighted by atomic mass is 9.95. The number of rotatable bonds is 6. The quantitative estimate of drug-likeness (QED) is 0.408. The first kappa shape index (κ1) is 20.9. The zero-order valence-corrected chi connectivity index (χ0v) is 18.5. The van der Waals surface area contributed by atoms with Crippen molar-refractivity contribution in [1.82, 2.24) is 34.8 Å². The Kier molecular flexibility index (Phi) is 5.27. The SMILES string of the molecule is O=C1c2ncncc2C(=O)c2c1nnn2CCCN1CCN(Cc2ccc3c(c2)OCO3)CC1. The number of aryl methyl sites for hydroxylation is 1. The van der Waals surface area contributed by atoms with Gasteiger partial charge < -0.3 is 14.4 Å². The number of hydrogen-bond donors (Lipinski definition) is 0. The number of hydrogen-bond acceptors (Lipinski definition) is 10. The first-order chi connectivity index (χ1) is 16.7. The van der Waals surface area contributed by atoms with Crippen molar-refractivity contribution in [2.45, 2.75) is 19.5 Å². The van der Waals surface area contributed by atoms with Crippen LogP contribution in [0.5, 0.6) is 11.5 Å². The molecule has 0 amide bonds. The van der Waals surface area contributed by atoms with Crippen molar-refractivity contribution in [1.29, 1.82) is 0 Å². The Hall–Kier alpha value is -3.70. The van der Waals surface area contributed by atoms with E-state index in [0.29, 0.717) is 13.3 Å². The van der Waals surface area contributed by atoms with Gasteiger partial charge in [0, 0.05) is 52.0 Å². The van der Waals surface area contributed by atoms with E-state index in [2.05, 4.69) is 42.2 Å². The standard InChI is InChI=1S/C23H23N7O4/c31-22-16-11-24-13-25-19(16)23(32)20-21(22)30(27-26-20)5-1-4-28-6-8-29(9-7-28)12-15-2-3-17-18(10-15)34-14-33-17/h2-3,10-11,13H,1,4-9,12,14H2. The molecule has 174 valence electrons. The third-order valence-electron chi connectivity index (χ3n) is 6.49. The number of nitrogens with zero attached hydrogens (tertiary/aromatic N) is 7. The fourth-order valence-corrected chi connectivity index (χ4v) is 4.68. The van der Waals surface area contributed by atoms with E-state index >= 15 is 0 Å². The molecule has 1 aromatic carbocycles. The van der Waals surface area contributed by atoms with Gasteiger partial charge in [-0.15, -0.1) is 5.10 Å². The van der Waals surface area contributed by atoms with E-state index in [1.807, 2.05) is 6.07 Å². The van der Waals surface area contributed by atoms with Gasteiger partial charge in [0.25, 0.3) is 0 Å². The summed E-state index contributed by atoms with van der Waals surface area (Å²) in [6.45, 7) is 6.49. The van der Waals surface area contributed by atoms with E-state index in [0.717, 1.165) is 57.2 Å². The predicted molar refractivity (Wildman–Crippen MR) is 118 cm³/mol. The number of carbonyl (C=O) groups is 2. The lowest BCUT2D eigenvalue weighted by Crippen LogP contribution is -2.46. The molecule has 3 aromatic rings. The molecule has 0 unspecified atom stereocenters.